The number of nitrogens with zero attached hydrogens (tertiary/aromatic N) is 3. The summed E-state index contributed by atoms with van der Waals surface area (Å²) in [6.45, 7) is 7.77. The number of esters is 1. The molecule has 8 heteroatoms. The number of aromatic nitrogens is 2. The molecule has 1 aliphatic carbocycles. The molecular weight excluding hydrogens is 420 g/mol. The Kier molecular flexibility index (Phi) is 6.28. The van der Waals surface area contributed by atoms with Crippen LogP contribution in [-0.2, 0) is 16.1 Å². The first-order valence-electron chi connectivity index (χ1n) is 11.7. The summed E-state index contributed by atoms with van der Waals surface area (Å²) >= 11 is 0. The van der Waals surface area contributed by atoms with Crippen molar-refractivity contribution in [1.82, 2.24) is 15.1 Å². The number of anilines is 1. The fourth-order valence-electron chi connectivity index (χ4n) is 4.91. The van der Waals surface area contributed by atoms with E-state index in [2.05, 4.69) is 10.4 Å². The third-order valence-corrected chi connectivity index (χ3v) is 6.66. The molecule has 2 amide bonds. The summed E-state index contributed by atoms with van der Waals surface area (Å²) in [6, 6.07) is 7.37. The molecule has 2 heterocycles. The van der Waals surface area contributed by atoms with E-state index in [4.69, 9.17) is 4.74 Å². The SMILES string of the molecule is CCOC(=O)c1cc2n(n1)CC(C)(C(=O)NC1CCCCC1)N(c1ccc(C)cc1C)C2=O. The highest BCUT2D eigenvalue weighted by molar-refractivity contribution is 6.12. The highest BCUT2D eigenvalue weighted by atomic mass is 16.5. The monoisotopic (exact) mass is 452 g/mol. The van der Waals surface area contributed by atoms with Gasteiger partial charge in [-0.3, -0.25) is 19.2 Å². The Morgan fingerprint density at radius 3 is 2.58 bits per heavy atom. The van der Waals surface area contributed by atoms with E-state index in [0.717, 1.165) is 36.8 Å². The third kappa shape index (κ3) is 4.26. The van der Waals surface area contributed by atoms with Crippen LogP contribution >= 0.6 is 0 Å². The Bertz CT molecular complexity index is 1090. The maximum absolute atomic E-state index is 13.8. The van der Waals surface area contributed by atoms with Crippen LogP contribution in [0.15, 0.2) is 24.3 Å². The number of benzene rings is 1. The average molecular weight is 453 g/mol. The second-order valence-electron chi connectivity index (χ2n) is 9.31. The van der Waals surface area contributed by atoms with Gasteiger partial charge in [0, 0.05) is 17.8 Å². The van der Waals surface area contributed by atoms with Crippen LogP contribution in [0.25, 0.3) is 0 Å². The van der Waals surface area contributed by atoms with Gasteiger partial charge in [-0.25, -0.2) is 4.79 Å². The van der Waals surface area contributed by atoms with Gasteiger partial charge in [0.1, 0.15) is 11.2 Å². The largest absolute Gasteiger partial charge is 0.461 e. The number of carbonyl (C=O) groups is 3. The highest BCUT2D eigenvalue weighted by Gasteiger charge is 2.50. The van der Waals surface area contributed by atoms with Crippen molar-refractivity contribution in [3.05, 3.63) is 46.8 Å². The van der Waals surface area contributed by atoms with Crippen molar-refractivity contribution in [2.45, 2.75) is 77.9 Å². The van der Waals surface area contributed by atoms with Crippen molar-refractivity contribution in [3.63, 3.8) is 0 Å². The number of rotatable bonds is 5. The van der Waals surface area contributed by atoms with Crippen molar-refractivity contribution in [1.29, 1.82) is 0 Å². The van der Waals surface area contributed by atoms with Crippen LogP contribution < -0.4 is 10.2 Å². The van der Waals surface area contributed by atoms with E-state index in [1.807, 2.05) is 32.0 Å². The number of carbonyl (C=O) groups excluding carboxylic acids is 3. The van der Waals surface area contributed by atoms with Gasteiger partial charge < -0.3 is 10.1 Å². The lowest BCUT2D eigenvalue weighted by Crippen LogP contribution is -2.65. The van der Waals surface area contributed by atoms with Crippen LogP contribution in [0.1, 0.15) is 78.1 Å². The number of ether oxygens (including phenoxy) is 1. The van der Waals surface area contributed by atoms with Crippen LogP contribution in [0.5, 0.6) is 0 Å². The number of fused-ring (bicyclic) bond motifs is 1. The van der Waals surface area contributed by atoms with Crippen LogP contribution in [-0.4, -0.2) is 45.8 Å². The fraction of sp³-hybridized carbons (Fsp3) is 0.520. The van der Waals surface area contributed by atoms with Gasteiger partial charge in [-0.15, -0.1) is 0 Å². The van der Waals surface area contributed by atoms with Gasteiger partial charge in [-0.2, -0.15) is 5.10 Å². The molecule has 0 saturated heterocycles. The van der Waals surface area contributed by atoms with Crippen molar-refractivity contribution in [3.8, 4) is 0 Å². The molecule has 0 bridgehead atoms. The molecule has 0 spiro atoms. The molecule has 1 aromatic heterocycles. The zero-order valence-electron chi connectivity index (χ0n) is 19.8. The summed E-state index contributed by atoms with van der Waals surface area (Å²) in [5.74, 6) is -1.15. The molecule has 176 valence electrons. The molecule has 0 radical (unpaired) electrons. The summed E-state index contributed by atoms with van der Waals surface area (Å²) in [4.78, 5) is 41.3. The maximum Gasteiger partial charge on any atom is 0.358 e. The predicted octanol–water partition coefficient (Wildman–Crippen LogP) is 3.54. The summed E-state index contributed by atoms with van der Waals surface area (Å²) in [7, 11) is 0. The predicted molar refractivity (Wildman–Crippen MR) is 124 cm³/mol. The number of nitrogens with one attached hydrogen (secondary N) is 1. The lowest BCUT2D eigenvalue weighted by Gasteiger charge is -2.44. The van der Waals surface area contributed by atoms with Crippen LogP contribution in [0.3, 0.4) is 0 Å². The standard InChI is InChI=1S/C25H32N4O4/c1-5-33-23(31)19-14-21-22(30)29(20-12-11-16(2)13-17(20)3)25(4,15-28(21)27-19)24(32)26-18-9-7-6-8-10-18/h11-14,18H,5-10,15H2,1-4H3,(H,26,32). The first-order valence-corrected chi connectivity index (χ1v) is 11.7. The number of hydrogen-bond donors (Lipinski definition) is 1. The van der Waals surface area contributed by atoms with E-state index >= 15 is 0 Å². The van der Waals surface area contributed by atoms with E-state index in [1.165, 1.54) is 17.2 Å². The van der Waals surface area contributed by atoms with Gasteiger partial charge in [0.25, 0.3) is 5.91 Å². The van der Waals surface area contributed by atoms with Gasteiger partial charge in [-0.1, -0.05) is 37.0 Å². The van der Waals surface area contributed by atoms with Crippen LogP contribution in [0.2, 0.25) is 0 Å². The smallest absolute Gasteiger partial charge is 0.358 e. The first-order chi connectivity index (χ1) is 15.7. The minimum absolute atomic E-state index is 0.0673. The third-order valence-electron chi connectivity index (χ3n) is 6.66. The molecule has 1 N–H and O–H groups in total. The normalized spacial score (nSPS) is 21.0. The van der Waals surface area contributed by atoms with Crippen molar-refractivity contribution < 1.29 is 19.1 Å². The molecule has 2 aromatic rings. The summed E-state index contributed by atoms with van der Waals surface area (Å²) in [6.07, 6.45) is 5.25. The minimum atomic E-state index is -1.21. The van der Waals surface area contributed by atoms with Crippen molar-refractivity contribution in [2.75, 3.05) is 11.5 Å². The molecule has 33 heavy (non-hydrogen) atoms. The zero-order chi connectivity index (χ0) is 23.8. The fourth-order valence-corrected chi connectivity index (χ4v) is 4.91. The molecule has 1 saturated carbocycles. The Hall–Kier alpha value is -3.16. The molecule has 4 rings (SSSR count). The molecule has 8 nitrogen and oxygen atoms in total. The lowest BCUT2D eigenvalue weighted by molar-refractivity contribution is -0.127. The second kappa shape index (κ2) is 9.00. The minimum Gasteiger partial charge on any atom is -0.461 e. The number of aryl methyl sites for hydroxylation is 2. The molecule has 1 fully saturated rings. The number of amides is 2. The summed E-state index contributed by atoms with van der Waals surface area (Å²) < 4.78 is 6.53. The van der Waals surface area contributed by atoms with E-state index in [-0.39, 0.29) is 42.4 Å². The maximum atomic E-state index is 13.8. The topological polar surface area (TPSA) is 93.5 Å². The lowest BCUT2D eigenvalue weighted by atomic mass is 9.90. The number of hydrogen-bond acceptors (Lipinski definition) is 5. The Labute approximate surface area is 194 Å². The molecule has 1 aliphatic heterocycles. The average Bonchev–Trinajstić information content (AvgIpc) is 3.20. The van der Waals surface area contributed by atoms with Gasteiger partial charge in [0.2, 0.25) is 5.91 Å². The van der Waals surface area contributed by atoms with E-state index in [1.54, 1.807) is 18.7 Å². The second-order valence-corrected chi connectivity index (χ2v) is 9.31. The van der Waals surface area contributed by atoms with E-state index in [9.17, 15) is 14.4 Å². The van der Waals surface area contributed by atoms with Crippen molar-refractivity contribution >= 4 is 23.5 Å². The van der Waals surface area contributed by atoms with Gasteiger partial charge in [-0.05, 0) is 52.2 Å². The summed E-state index contributed by atoms with van der Waals surface area (Å²) in [5, 5.41) is 7.52. The van der Waals surface area contributed by atoms with Crippen LogP contribution in [0, 0.1) is 13.8 Å². The van der Waals surface area contributed by atoms with Gasteiger partial charge >= 0.3 is 5.97 Å². The van der Waals surface area contributed by atoms with Crippen LogP contribution in [0.4, 0.5) is 5.69 Å². The highest BCUT2D eigenvalue weighted by Crippen LogP contribution is 2.35. The Balaban J connectivity index is 1.77. The molecule has 1 unspecified atom stereocenters. The zero-order valence-corrected chi connectivity index (χ0v) is 19.8. The molecular formula is C25H32N4O4. The van der Waals surface area contributed by atoms with Gasteiger partial charge in [0.15, 0.2) is 5.69 Å². The summed E-state index contributed by atoms with van der Waals surface area (Å²) in [5.41, 5.74) is 1.78. The van der Waals surface area contributed by atoms with Gasteiger partial charge in [0.05, 0.1) is 13.2 Å². The first kappa shape index (κ1) is 23.0. The Morgan fingerprint density at radius 2 is 1.91 bits per heavy atom. The van der Waals surface area contributed by atoms with E-state index in [0.29, 0.717) is 5.69 Å². The molecule has 1 atom stereocenters. The quantitative estimate of drug-likeness (QED) is 0.701. The van der Waals surface area contributed by atoms with E-state index < -0.39 is 11.5 Å². The molecule has 2 aliphatic rings. The molecule has 1 aromatic carbocycles. The Morgan fingerprint density at radius 1 is 1.18 bits per heavy atom. The van der Waals surface area contributed by atoms with Crippen molar-refractivity contribution in [2.24, 2.45) is 0 Å².